The third-order valence-electron chi connectivity index (χ3n) is 4.06. The van der Waals surface area contributed by atoms with Gasteiger partial charge in [0.2, 0.25) is 0 Å². The number of hydrogen-bond acceptors (Lipinski definition) is 4. The van der Waals surface area contributed by atoms with Crippen LogP contribution in [0.2, 0.25) is 10.0 Å². The monoisotopic (exact) mass is 403 g/mol. The highest BCUT2D eigenvalue weighted by molar-refractivity contribution is 6.42. The van der Waals surface area contributed by atoms with Gasteiger partial charge in [-0.05, 0) is 43.6 Å². The molecular weight excluding hydrogens is 381 g/mol. The van der Waals surface area contributed by atoms with Gasteiger partial charge in [-0.1, -0.05) is 29.3 Å². The summed E-state index contributed by atoms with van der Waals surface area (Å²) in [6.45, 7) is 2.97. The average molecular weight is 404 g/mol. The Hall–Kier alpha value is -1.60. The lowest BCUT2D eigenvalue weighted by Gasteiger charge is -2.36. The fourth-order valence-corrected chi connectivity index (χ4v) is 3.23. The van der Waals surface area contributed by atoms with Gasteiger partial charge in [-0.15, -0.1) is 0 Å². The van der Waals surface area contributed by atoms with E-state index in [1.807, 2.05) is 12.1 Å². The van der Waals surface area contributed by atoms with Crippen molar-refractivity contribution in [2.75, 3.05) is 33.9 Å². The number of carboxylic acid groups (broad SMARTS) is 2. The largest absolute Gasteiger partial charge is 0.478 e. The maximum absolute atomic E-state index is 9.55. The van der Waals surface area contributed by atoms with E-state index in [1.54, 1.807) is 7.11 Å². The van der Waals surface area contributed by atoms with Crippen LogP contribution in [0, 0.1) is 5.92 Å². The Balaban J connectivity index is 0.000000359. The predicted molar refractivity (Wildman–Crippen MR) is 101 cm³/mol. The van der Waals surface area contributed by atoms with Gasteiger partial charge in [-0.25, -0.2) is 9.59 Å². The molecule has 1 saturated heterocycles. The Bertz CT molecular complexity index is 634. The van der Waals surface area contributed by atoms with Crippen LogP contribution in [-0.2, 0) is 14.3 Å². The fraction of sp³-hybridized carbons (Fsp3) is 0.444. The molecule has 0 amide bonds. The van der Waals surface area contributed by atoms with Crippen LogP contribution in [-0.4, -0.2) is 60.9 Å². The van der Waals surface area contributed by atoms with Gasteiger partial charge in [-0.2, -0.15) is 0 Å². The van der Waals surface area contributed by atoms with Gasteiger partial charge in [0.25, 0.3) is 0 Å². The minimum atomic E-state index is -1.26. The van der Waals surface area contributed by atoms with Crippen molar-refractivity contribution in [3.8, 4) is 0 Å². The summed E-state index contributed by atoms with van der Waals surface area (Å²) < 4.78 is 5.35. The molecule has 2 rings (SSSR count). The van der Waals surface area contributed by atoms with E-state index in [0.717, 1.165) is 26.1 Å². The van der Waals surface area contributed by atoms with Crippen molar-refractivity contribution in [2.45, 2.75) is 12.3 Å². The Morgan fingerprint density at radius 2 is 1.85 bits per heavy atom. The second-order valence-electron chi connectivity index (χ2n) is 6.06. The molecule has 2 N–H and O–H groups in total. The minimum Gasteiger partial charge on any atom is -0.478 e. The van der Waals surface area contributed by atoms with Crippen molar-refractivity contribution < 1.29 is 24.5 Å². The van der Waals surface area contributed by atoms with Gasteiger partial charge in [0.15, 0.2) is 0 Å². The molecule has 1 fully saturated rings. The summed E-state index contributed by atoms with van der Waals surface area (Å²) in [6.07, 6.45) is 2.26. The van der Waals surface area contributed by atoms with E-state index in [0.29, 0.717) is 34.0 Å². The molecule has 1 aliphatic heterocycles. The summed E-state index contributed by atoms with van der Waals surface area (Å²) >= 11 is 12.1. The molecule has 26 heavy (non-hydrogen) atoms. The van der Waals surface area contributed by atoms with Crippen molar-refractivity contribution in [3.63, 3.8) is 0 Å². The molecular formula is C18H23Cl2NO5. The second kappa shape index (κ2) is 11.2. The van der Waals surface area contributed by atoms with Gasteiger partial charge >= 0.3 is 11.9 Å². The van der Waals surface area contributed by atoms with E-state index < -0.39 is 11.9 Å². The molecule has 0 radical (unpaired) electrons. The smallest absolute Gasteiger partial charge is 0.328 e. The van der Waals surface area contributed by atoms with E-state index in [2.05, 4.69) is 18.0 Å². The highest BCUT2D eigenvalue weighted by Gasteiger charge is 2.29. The van der Waals surface area contributed by atoms with Crippen molar-refractivity contribution in [3.05, 3.63) is 46.0 Å². The third-order valence-corrected chi connectivity index (χ3v) is 4.80. The predicted octanol–water partition coefficient (Wildman–Crippen LogP) is 3.39. The zero-order valence-corrected chi connectivity index (χ0v) is 16.2. The number of carbonyl (C=O) groups is 2. The van der Waals surface area contributed by atoms with Gasteiger partial charge < -0.3 is 19.8 Å². The molecule has 144 valence electrons. The first-order chi connectivity index (χ1) is 12.2. The first kappa shape index (κ1) is 22.4. The zero-order chi connectivity index (χ0) is 19.7. The van der Waals surface area contributed by atoms with Crippen LogP contribution in [0.3, 0.4) is 0 Å². The molecule has 2 atom stereocenters. The number of halogens is 2. The average Bonchev–Trinajstić information content (AvgIpc) is 2.57. The zero-order valence-electron chi connectivity index (χ0n) is 14.7. The van der Waals surface area contributed by atoms with Crippen LogP contribution in [0.5, 0.6) is 0 Å². The standard InChI is InChI=1S/C14H19Cl2NO.C4H4O4/c1-17-6-5-12(11(8-17)9-18-2)10-3-4-13(15)14(16)7-10;5-3(6)1-2-4(7)8/h3-4,7,11-12H,5-6,8-9H2,1-2H3;1-2H,(H,5,6)(H,7,8)/b;2-1+/t11-,12-;/m1./s1. The van der Waals surface area contributed by atoms with Crippen molar-refractivity contribution in [2.24, 2.45) is 5.92 Å². The first-order valence-electron chi connectivity index (χ1n) is 8.01. The van der Waals surface area contributed by atoms with Gasteiger partial charge in [0, 0.05) is 31.7 Å². The SMILES string of the molecule is COC[C@H]1CN(C)CC[C@@H]1c1ccc(Cl)c(Cl)c1.O=C(O)/C=C/C(=O)O. The summed E-state index contributed by atoms with van der Waals surface area (Å²) in [4.78, 5) is 21.5. The topological polar surface area (TPSA) is 87.1 Å². The number of ether oxygens (including phenoxy) is 1. The summed E-state index contributed by atoms with van der Waals surface area (Å²) in [7, 11) is 3.92. The molecule has 0 aromatic heterocycles. The van der Waals surface area contributed by atoms with Crippen LogP contribution in [0.25, 0.3) is 0 Å². The van der Waals surface area contributed by atoms with Gasteiger partial charge in [0.05, 0.1) is 16.7 Å². The lowest BCUT2D eigenvalue weighted by molar-refractivity contribution is -0.134. The van der Waals surface area contributed by atoms with Crippen LogP contribution >= 0.6 is 23.2 Å². The fourth-order valence-electron chi connectivity index (χ4n) is 2.92. The quantitative estimate of drug-likeness (QED) is 0.732. The number of piperidine rings is 1. The van der Waals surface area contributed by atoms with E-state index >= 15 is 0 Å². The highest BCUT2D eigenvalue weighted by Crippen LogP contribution is 2.35. The van der Waals surface area contributed by atoms with Crippen LogP contribution in [0.1, 0.15) is 17.9 Å². The molecule has 6 nitrogen and oxygen atoms in total. The summed E-state index contributed by atoms with van der Waals surface area (Å²) in [5.74, 6) is -1.48. The molecule has 1 aromatic rings. The van der Waals surface area contributed by atoms with Crippen molar-refractivity contribution in [1.82, 2.24) is 4.90 Å². The Kier molecular flexibility index (Phi) is 9.65. The molecule has 0 unspecified atom stereocenters. The van der Waals surface area contributed by atoms with Crippen LogP contribution in [0.15, 0.2) is 30.4 Å². The number of benzene rings is 1. The Labute approximate surface area is 163 Å². The Morgan fingerprint density at radius 1 is 1.23 bits per heavy atom. The lowest BCUT2D eigenvalue weighted by atomic mass is 9.81. The molecule has 0 aliphatic carbocycles. The number of likely N-dealkylation sites (tertiary alicyclic amines) is 1. The maximum atomic E-state index is 9.55. The van der Waals surface area contributed by atoms with Crippen molar-refractivity contribution in [1.29, 1.82) is 0 Å². The van der Waals surface area contributed by atoms with Crippen LogP contribution in [0.4, 0.5) is 0 Å². The summed E-state index contributed by atoms with van der Waals surface area (Å²) in [6, 6.07) is 5.98. The molecule has 0 saturated carbocycles. The molecule has 1 heterocycles. The van der Waals surface area contributed by atoms with E-state index in [9.17, 15) is 9.59 Å². The van der Waals surface area contributed by atoms with Crippen molar-refractivity contribution >= 4 is 35.1 Å². The number of rotatable bonds is 5. The van der Waals surface area contributed by atoms with E-state index in [-0.39, 0.29) is 0 Å². The van der Waals surface area contributed by atoms with E-state index in [1.165, 1.54) is 5.56 Å². The molecule has 1 aliphatic rings. The lowest BCUT2D eigenvalue weighted by Crippen LogP contribution is -2.39. The number of hydrogen-bond donors (Lipinski definition) is 2. The highest BCUT2D eigenvalue weighted by atomic mass is 35.5. The number of carboxylic acids is 2. The van der Waals surface area contributed by atoms with E-state index in [4.69, 9.17) is 38.2 Å². The molecule has 8 heteroatoms. The third kappa shape index (κ3) is 7.74. The van der Waals surface area contributed by atoms with Gasteiger partial charge in [0.1, 0.15) is 0 Å². The number of nitrogens with zero attached hydrogens (tertiary/aromatic N) is 1. The Morgan fingerprint density at radius 3 is 2.35 bits per heavy atom. The molecule has 0 bridgehead atoms. The number of methoxy groups -OCH3 is 1. The molecule has 1 aromatic carbocycles. The summed E-state index contributed by atoms with van der Waals surface area (Å²) in [5.41, 5.74) is 1.28. The number of aliphatic carboxylic acids is 2. The minimum absolute atomic E-state index is 0.510. The summed E-state index contributed by atoms with van der Waals surface area (Å²) in [5, 5.41) is 16.9. The maximum Gasteiger partial charge on any atom is 0.328 e. The normalized spacial score (nSPS) is 20.5. The van der Waals surface area contributed by atoms with Crippen LogP contribution < -0.4 is 0 Å². The first-order valence-corrected chi connectivity index (χ1v) is 8.76. The van der Waals surface area contributed by atoms with Gasteiger partial charge in [-0.3, -0.25) is 0 Å². The molecule has 0 spiro atoms. The second-order valence-corrected chi connectivity index (χ2v) is 6.87.